The highest BCUT2D eigenvalue weighted by atomic mass is 79.9. The van der Waals surface area contributed by atoms with Gasteiger partial charge in [-0.2, -0.15) is 9.78 Å². The molecular weight excluding hydrogens is 662 g/mol. The van der Waals surface area contributed by atoms with E-state index >= 15 is 0 Å². The zero-order valence-corrected chi connectivity index (χ0v) is 25.1. The Morgan fingerprint density at radius 2 is 1.70 bits per heavy atom. The lowest BCUT2D eigenvalue weighted by Gasteiger charge is -2.22. The molecule has 0 atom stereocenters. The van der Waals surface area contributed by atoms with Gasteiger partial charge in [-0.25, -0.2) is 4.98 Å². The van der Waals surface area contributed by atoms with Crippen LogP contribution in [-0.4, -0.2) is 15.9 Å². The third-order valence-corrected chi connectivity index (χ3v) is 8.32. The summed E-state index contributed by atoms with van der Waals surface area (Å²) < 4.78 is 10.0. The van der Waals surface area contributed by atoms with Crippen molar-refractivity contribution in [2.45, 2.75) is 51.6 Å². The molecule has 0 amide bonds. The van der Waals surface area contributed by atoms with Gasteiger partial charge in [0.2, 0.25) is 0 Å². The Bertz CT molecular complexity index is 1500. The first-order chi connectivity index (χ1) is 17.9. The maximum atomic E-state index is 13.5. The largest absolute Gasteiger partial charge is 0.487 e. The van der Waals surface area contributed by atoms with Crippen molar-refractivity contribution >= 4 is 64.9 Å². The summed E-state index contributed by atoms with van der Waals surface area (Å²) >= 11 is 10.8. The molecule has 190 valence electrons. The van der Waals surface area contributed by atoms with Crippen molar-refractivity contribution in [3.63, 3.8) is 0 Å². The van der Waals surface area contributed by atoms with Gasteiger partial charge < -0.3 is 4.74 Å². The van der Waals surface area contributed by atoms with Crippen LogP contribution in [0.4, 0.5) is 0 Å². The van der Waals surface area contributed by atoms with Gasteiger partial charge in [-0.05, 0) is 93.1 Å². The number of rotatable bonds is 6. The first kappa shape index (κ1) is 26.3. The summed E-state index contributed by atoms with van der Waals surface area (Å²) in [7, 11) is 0. The van der Waals surface area contributed by atoms with E-state index in [-0.39, 0.29) is 11.5 Å². The molecule has 5 rings (SSSR count). The Morgan fingerprint density at radius 3 is 2.41 bits per heavy atom. The van der Waals surface area contributed by atoms with Crippen LogP contribution in [-0.2, 0) is 6.61 Å². The lowest BCUT2D eigenvalue weighted by Crippen LogP contribution is -2.25. The maximum Gasteiger partial charge on any atom is 0.282 e. The molecule has 0 bridgehead atoms. The Hall–Kier alpha value is -2.29. The van der Waals surface area contributed by atoms with Crippen LogP contribution in [0.25, 0.3) is 10.9 Å². The standard InChI is InChI=1S/C29H26Br3N3O2/c1-18-7-9-19(10-8-18)17-37-27-24(31)13-20(14-25(27)32)16-33-35-28(21-5-3-2-4-6-21)34-26-12-11-22(30)15-23(26)29(35)36/h7-16,21H,2-6,17H2,1H3. The van der Waals surface area contributed by atoms with Crippen molar-refractivity contribution in [2.75, 3.05) is 0 Å². The Balaban J connectivity index is 1.47. The van der Waals surface area contributed by atoms with E-state index in [2.05, 4.69) is 84.1 Å². The fraction of sp³-hybridized carbons (Fsp3) is 0.276. The summed E-state index contributed by atoms with van der Waals surface area (Å²) in [6.07, 6.45) is 7.27. The lowest BCUT2D eigenvalue weighted by molar-refractivity contribution is 0.302. The SMILES string of the molecule is Cc1ccc(COc2c(Br)cc(C=Nn3c(C4CCCCC4)nc4ccc(Br)cc4c3=O)cc2Br)cc1. The van der Waals surface area contributed by atoms with E-state index in [1.54, 1.807) is 6.21 Å². The number of hydrogen-bond donors (Lipinski definition) is 0. The number of aromatic nitrogens is 2. The lowest BCUT2D eigenvalue weighted by atomic mass is 9.88. The van der Waals surface area contributed by atoms with Gasteiger partial charge in [0.15, 0.2) is 0 Å². The smallest absolute Gasteiger partial charge is 0.282 e. The van der Waals surface area contributed by atoms with E-state index in [0.29, 0.717) is 17.5 Å². The van der Waals surface area contributed by atoms with E-state index in [4.69, 9.17) is 9.72 Å². The van der Waals surface area contributed by atoms with Crippen molar-refractivity contribution in [3.05, 3.63) is 101 Å². The molecule has 1 heterocycles. The van der Waals surface area contributed by atoms with Gasteiger partial charge in [0, 0.05) is 10.4 Å². The van der Waals surface area contributed by atoms with Crippen LogP contribution in [0.1, 0.15) is 60.5 Å². The molecule has 1 fully saturated rings. The molecule has 0 unspecified atom stereocenters. The van der Waals surface area contributed by atoms with Crippen molar-refractivity contribution in [1.29, 1.82) is 0 Å². The summed E-state index contributed by atoms with van der Waals surface area (Å²) in [5.41, 5.74) is 3.70. The summed E-state index contributed by atoms with van der Waals surface area (Å²) in [5, 5.41) is 5.21. The average molecular weight is 688 g/mol. The third kappa shape index (κ3) is 6.07. The zero-order valence-electron chi connectivity index (χ0n) is 20.4. The topological polar surface area (TPSA) is 56.5 Å². The first-order valence-corrected chi connectivity index (χ1v) is 14.7. The van der Waals surface area contributed by atoms with Gasteiger partial charge in [0.05, 0.1) is 26.1 Å². The summed E-state index contributed by atoms with van der Waals surface area (Å²) in [5.74, 6) is 1.68. The second kappa shape index (κ2) is 11.6. The van der Waals surface area contributed by atoms with Crippen LogP contribution < -0.4 is 10.3 Å². The predicted molar refractivity (Wildman–Crippen MR) is 160 cm³/mol. The molecule has 0 radical (unpaired) electrons. The highest BCUT2D eigenvalue weighted by Gasteiger charge is 2.22. The highest BCUT2D eigenvalue weighted by molar-refractivity contribution is 9.11. The molecule has 37 heavy (non-hydrogen) atoms. The normalized spacial score (nSPS) is 14.5. The molecule has 1 saturated carbocycles. The van der Waals surface area contributed by atoms with E-state index in [9.17, 15) is 4.79 Å². The van der Waals surface area contributed by atoms with Crippen LogP contribution in [0.3, 0.4) is 0 Å². The molecule has 5 nitrogen and oxygen atoms in total. The van der Waals surface area contributed by atoms with Crippen LogP contribution in [0.15, 0.2) is 77.9 Å². The predicted octanol–water partition coefficient (Wildman–Crippen LogP) is 8.50. The monoisotopic (exact) mass is 685 g/mol. The molecule has 4 aromatic rings. The van der Waals surface area contributed by atoms with Crippen molar-refractivity contribution in [1.82, 2.24) is 9.66 Å². The quantitative estimate of drug-likeness (QED) is 0.191. The Kier molecular flexibility index (Phi) is 8.27. The number of aryl methyl sites for hydroxylation is 1. The molecule has 0 N–H and O–H groups in total. The summed E-state index contributed by atoms with van der Waals surface area (Å²) in [6.45, 7) is 2.53. The van der Waals surface area contributed by atoms with Crippen molar-refractivity contribution in [2.24, 2.45) is 5.10 Å². The molecular formula is C29H26Br3N3O2. The minimum Gasteiger partial charge on any atom is -0.487 e. The van der Waals surface area contributed by atoms with Crippen LogP contribution in [0.2, 0.25) is 0 Å². The van der Waals surface area contributed by atoms with Crippen LogP contribution in [0.5, 0.6) is 5.75 Å². The second-order valence-electron chi connectivity index (χ2n) is 9.42. The number of fused-ring (bicyclic) bond motifs is 1. The molecule has 1 aliphatic rings. The van der Waals surface area contributed by atoms with E-state index in [1.165, 1.54) is 16.7 Å². The van der Waals surface area contributed by atoms with Gasteiger partial charge in [0.1, 0.15) is 18.2 Å². The van der Waals surface area contributed by atoms with E-state index < -0.39 is 0 Å². The minimum atomic E-state index is -0.153. The minimum absolute atomic E-state index is 0.153. The molecule has 0 aliphatic heterocycles. The highest BCUT2D eigenvalue weighted by Crippen LogP contribution is 2.35. The van der Waals surface area contributed by atoms with Gasteiger partial charge in [-0.1, -0.05) is 65.0 Å². The zero-order chi connectivity index (χ0) is 25.9. The Labute approximate surface area is 241 Å². The fourth-order valence-electron chi connectivity index (χ4n) is 4.66. The van der Waals surface area contributed by atoms with Crippen molar-refractivity contribution in [3.8, 4) is 5.75 Å². The number of nitrogens with zero attached hydrogens (tertiary/aromatic N) is 3. The van der Waals surface area contributed by atoms with Gasteiger partial charge in [-0.3, -0.25) is 4.79 Å². The number of halogens is 3. The molecule has 1 aromatic heterocycles. The fourth-order valence-corrected chi connectivity index (χ4v) is 6.47. The average Bonchev–Trinajstić information content (AvgIpc) is 2.89. The summed E-state index contributed by atoms with van der Waals surface area (Å²) in [4.78, 5) is 18.5. The molecule has 8 heteroatoms. The second-order valence-corrected chi connectivity index (χ2v) is 12.0. The van der Waals surface area contributed by atoms with Crippen molar-refractivity contribution < 1.29 is 4.74 Å². The Morgan fingerprint density at radius 1 is 1.00 bits per heavy atom. The van der Waals surface area contributed by atoms with Gasteiger partial charge >= 0.3 is 0 Å². The third-order valence-electron chi connectivity index (χ3n) is 6.65. The van der Waals surface area contributed by atoms with Crippen LogP contribution >= 0.6 is 47.8 Å². The van der Waals surface area contributed by atoms with Gasteiger partial charge in [0.25, 0.3) is 5.56 Å². The maximum absolute atomic E-state index is 13.5. The number of benzene rings is 3. The molecule has 0 saturated heterocycles. The number of hydrogen-bond acceptors (Lipinski definition) is 4. The van der Waals surface area contributed by atoms with E-state index in [1.807, 2.05) is 30.3 Å². The summed E-state index contributed by atoms with van der Waals surface area (Å²) in [6, 6.07) is 17.8. The molecule has 3 aromatic carbocycles. The number of ether oxygens (including phenoxy) is 1. The first-order valence-electron chi connectivity index (χ1n) is 12.3. The molecule has 1 aliphatic carbocycles. The van der Waals surface area contributed by atoms with Gasteiger partial charge in [-0.15, -0.1) is 0 Å². The van der Waals surface area contributed by atoms with Crippen LogP contribution in [0, 0.1) is 6.92 Å². The molecule has 0 spiro atoms. The van der Waals surface area contributed by atoms with E-state index in [0.717, 1.165) is 61.8 Å².